The van der Waals surface area contributed by atoms with Crippen molar-refractivity contribution >= 4 is 5.78 Å². The lowest BCUT2D eigenvalue weighted by atomic mass is 9.79. The summed E-state index contributed by atoms with van der Waals surface area (Å²) in [6.07, 6.45) is 2.78. The van der Waals surface area contributed by atoms with E-state index in [1.165, 1.54) is 0 Å². The summed E-state index contributed by atoms with van der Waals surface area (Å²) < 4.78 is 5.81. The van der Waals surface area contributed by atoms with Gasteiger partial charge in [0.2, 0.25) is 0 Å². The average molecular weight is 198 g/mol. The summed E-state index contributed by atoms with van der Waals surface area (Å²) in [6.45, 7) is 8.52. The molecular formula is C12H22O2. The largest absolute Gasteiger partial charge is 0.375 e. The Kier molecular flexibility index (Phi) is 4.11. The van der Waals surface area contributed by atoms with Crippen molar-refractivity contribution in [1.82, 2.24) is 0 Å². The first-order chi connectivity index (χ1) is 6.50. The van der Waals surface area contributed by atoms with Crippen LogP contribution in [-0.2, 0) is 9.53 Å². The summed E-state index contributed by atoms with van der Waals surface area (Å²) in [5, 5.41) is 0. The molecule has 1 fully saturated rings. The van der Waals surface area contributed by atoms with Gasteiger partial charge >= 0.3 is 0 Å². The number of carbonyl (C=O) groups is 1. The zero-order valence-corrected chi connectivity index (χ0v) is 9.75. The molecule has 1 aliphatic rings. The highest BCUT2D eigenvalue weighted by Gasteiger charge is 2.32. The van der Waals surface area contributed by atoms with Gasteiger partial charge in [0.25, 0.3) is 0 Å². The van der Waals surface area contributed by atoms with E-state index in [0.717, 1.165) is 12.8 Å². The van der Waals surface area contributed by atoms with E-state index in [9.17, 15) is 4.79 Å². The van der Waals surface area contributed by atoms with Crippen LogP contribution in [-0.4, -0.2) is 18.0 Å². The molecule has 2 heteroatoms. The van der Waals surface area contributed by atoms with E-state index >= 15 is 0 Å². The summed E-state index contributed by atoms with van der Waals surface area (Å²) in [5.74, 6) is 1.55. The predicted octanol–water partition coefficient (Wildman–Crippen LogP) is 2.81. The number of ketones is 1. The molecule has 2 unspecified atom stereocenters. The zero-order valence-electron chi connectivity index (χ0n) is 9.75. The minimum Gasteiger partial charge on any atom is -0.375 e. The third-order valence-corrected chi connectivity index (χ3v) is 2.97. The monoisotopic (exact) mass is 198 g/mol. The van der Waals surface area contributed by atoms with Gasteiger partial charge in [-0.1, -0.05) is 13.8 Å². The second-order valence-electron chi connectivity index (χ2n) is 4.91. The van der Waals surface area contributed by atoms with Crippen molar-refractivity contribution in [2.75, 3.05) is 0 Å². The van der Waals surface area contributed by atoms with Gasteiger partial charge in [-0.05, 0) is 32.1 Å². The van der Waals surface area contributed by atoms with Crippen LogP contribution in [0.2, 0.25) is 0 Å². The molecule has 82 valence electrons. The van der Waals surface area contributed by atoms with Crippen LogP contribution >= 0.6 is 0 Å². The number of ether oxygens (including phenoxy) is 1. The molecule has 1 saturated carbocycles. The normalized spacial score (nSPS) is 28.9. The second-order valence-corrected chi connectivity index (χ2v) is 4.91. The summed E-state index contributed by atoms with van der Waals surface area (Å²) in [7, 11) is 0. The third kappa shape index (κ3) is 3.09. The first kappa shape index (κ1) is 11.7. The fraction of sp³-hybridized carbons (Fsp3) is 0.917. The molecule has 0 aromatic carbocycles. The lowest BCUT2D eigenvalue weighted by molar-refractivity contribution is -0.130. The van der Waals surface area contributed by atoms with Crippen LogP contribution in [0.15, 0.2) is 0 Å². The number of hydrogen-bond acceptors (Lipinski definition) is 2. The SMILES string of the molecule is CC(C)OC1CC(=O)CCC1C(C)C. The van der Waals surface area contributed by atoms with Crippen LogP contribution in [0.3, 0.4) is 0 Å². The van der Waals surface area contributed by atoms with Crippen molar-refractivity contribution in [2.24, 2.45) is 11.8 Å². The summed E-state index contributed by atoms with van der Waals surface area (Å²) >= 11 is 0. The molecule has 0 aromatic rings. The van der Waals surface area contributed by atoms with E-state index in [1.807, 2.05) is 13.8 Å². The molecular weight excluding hydrogens is 176 g/mol. The van der Waals surface area contributed by atoms with Crippen LogP contribution in [0.25, 0.3) is 0 Å². The topological polar surface area (TPSA) is 26.3 Å². The van der Waals surface area contributed by atoms with Gasteiger partial charge in [-0.25, -0.2) is 0 Å². The molecule has 2 nitrogen and oxygen atoms in total. The van der Waals surface area contributed by atoms with Crippen LogP contribution in [0.5, 0.6) is 0 Å². The Morgan fingerprint density at radius 1 is 1.29 bits per heavy atom. The van der Waals surface area contributed by atoms with Crippen LogP contribution < -0.4 is 0 Å². The number of hydrogen-bond donors (Lipinski definition) is 0. The van der Waals surface area contributed by atoms with Gasteiger partial charge < -0.3 is 4.74 Å². The third-order valence-electron chi connectivity index (χ3n) is 2.97. The van der Waals surface area contributed by atoms with E-state index in [1.54, 1.807) is 0 Å². The van der Waals surface area contributed by atoms with Gasteiger partial charge in [-0.2, -0.15) is 0 Å². The number of rotatable bonds is 3. The Bertz CT molecular complexity index is 196. The first-order valence-corrected chi connectivity index (χ1v) is 5.68. The van der Waals surface area contributed by atoms with Gasteiger partial charge in [0.15, 0.2) is 0 Å². The smallest absolute Gasteiger partial charge is 0.135 e. The summed E-state index contributed by atoms with van der Waals surface area (Å²) in [5.41, 5.74) is 0. The van der Waals surface area contributed by atoms with Crippen LogP contribution in [0.4, 0.5) is 0 Å². The van der Waals surface area contributed by atoms with Crippen molar-refractivity contribution in [3.05, 3.63) is 0 Å². The second kappa shape index (κ2) is 4.92. The van der Waals surface area contributed by atoms with Gasteiger partial charge in [0.05, 0.1) is 12.2 Å². The molecule has 0 N–H and O–H groups in total. The molecule has 0 aromatic heterocycles. The summed E-state index contributed by atoms with van der Waals surface area (Å²) in [4.78, 5) is 11.3. The fourth-order valence-corrected chi connectivity index (χ4v) is 2.25. The molecule has 0 aliphatic heterocycles. The molecule has 0 heterocycles. The maximum atomic E-state index is 11.3. The lowest BCUT2D eigenvalue weighted by Crippen LogP contribution is -2.36. The van der Waals surface area contributed by atoms with Crippen LogP contribution in [0.1, 0.15) is 47.0 Å². The molecule has 0 saturated heterocycles. The molecule has 1 rings (SSSR count). The fourth-order valence-electron chi connectivity index (χ4n) is 2.25. The van der Waals surface area contributed by atoms with Crippen LogP contribution in [0, 0.1) is 11.8 Å². The van der Waals surface area contributed by atoms with E-state index in [2.05, 4.69) is 13.8 Å². The van der Waals surface area contributed by atoms with Gasteiger partial charge in [-0.15, -0.1) is 0 Å². The van der Waals surface area contributed by atoms with Crippen molar-refractivity contribution in [3.63, 3.8) is 0 Å². The molecule has 0 spiro atoms. The van der Waals surface area contributed by atoms with Gasteiger partial charge in [0.1, 0.15) is 5.78 Å². The highest BCUT2D eigenvalue weighted by Crippen LogP contribution is 2.31. The maximum absolute atomic E-state index is 11.3. The molecule has 14 heavy (non-hydrogen) atoms. The predicted molar refractivity (Wildman–Crippen MR) is 57.2 cm³/mol. The Hall–Kier alpha value is -0.370. The van der Waals surface area contributed by atoms with E-state index in [-0.39, 0.29) is 12.2 Å². The molecule has 0 amide bonds. The summed E-state index contributed by atoms with van der Waals surface area (Å²) in [6, 6.07) is 0. The van der Waals surface area contributed by atoms with E-state index in [0.29, 0.717) is 24.0 Å². The van der Waals surface area contributed by atoms with E-state index in [4.69, 9.17) is 4.74 Å². The van der Waals surface area contributed by atoms with Gasteiger partial charge in [-0.3, -0.25) is 4.79 Å². The Morgan fingerprint density at radius 3 is 2.43 bits per heavy atom. The zero-order chi connectivity index (χ0) is 10.7. The maximum Gasteiger partial charge on any atom is 0.135 e. The molecule has 2 atom stereocenters. The molecule has 0 bridgehead atoms. The van der Waals surface area contributed by atoms with Crippen molar-refractivity contribution in [1.29, 1.82) is 0 Å². The van der Waals surface area contributed by atoms with Gasteiger partial charge in [0, 0.05) is 12.8 Å². The Balaban J connectivity index is 2.58. The molecule has 0 radical (unpaired) electrons. The van der Waals surface area contributed by atoms with Crippen molar-refractivity contribution in [3.8, 4) is 0 Å². The Labute approximate surface area is 87.0 Å². The first-order valence-electron chi connectivity index (χ1n) is 5.68. The number of Topliss-reactive ketones (excluding diaryl/α,β-unsaturated/α-hetero) is 1. The highest BCUT2D eigenvalue weighted by atomic mass is 16.5. The highest BCUT2D eigenvalue weighted by molar-refractivity contribution is 5.79. The average Bonchev–Trinajstić information content (AvgIpc) is 2.01. The minimum atomic E-state index is 0.163. The van der Waals surface area contributed by atoms with E-state index < -0.39 is 0 Å². The number of carbonyl (C=O) groups excluding carboxylic acids is 1. The van der Waals surface area contributed by atoms with Crippen molar-refractivity contribution in [2.45, 2.75) is 59.2 Å². The standard InChI is InChI=1S/C12H22O2/c1-8(2)11-6-5-10(13)7-12(11)14-9(3)4/h8-9,11-12H,5-7H2,1-4H3. The quantitative estimate of drug-likeness (QED) is 0.697. The van der Waals surface area contributed by atoms with Crippen molar-refractivity contribution < 1.29 is 9.53 Å². The molecule has 1 aliphatic carbocycles. The Morgan fingerprint density at radius 2 is 1.93 bits per heavy atom. The minimum absolute atomic E-state index is 0.163. The lowest BCUT2D eigenvalue weighted by Gasteiger charge is -2.34.